The molecule has 1 aromatic heterocycles. The van der Waals surface area contributed by atoms with Crippen molar-refractivity contribution in [3.05, 3.63) is 83.2 Å². The van der Waals surface area contributed by atoms with Crippen LogP contribution in [0.1, 0.15) is 29.4 Å². The van der Waals surface area contributed by atoms with Crippen LogP contribution in [0.4, 0.5) is 0 Å². The zero-order valence-electron chi connectivity index (χ0n) is 16.8. The zero-order valence-corrected chi connectivity index (χ0v) is 16.8. The second kappa shape index (κ2) is 8.31. The number of hydrogen-bond acceptors (Lipinski definition) is 3. The predicted octanol–water partition coefficient (Wildman–Crippen LogP) is 3.19. The average Bonchev–Trinajstić information content (AvgIpc) is 3.01. The van der Waals surface area contributed by atoms with Gasteiger partial charge in [-0.3, -0.25) is 9.59 Å². The van der Waals surface area contributed by atoms with Gasteiger partial charge in [0.1, 0.15) is 5.41 Å². The van der Waals surface area contributed by atoms with Crippen LogP contribution in [0.15, 0.2) is 60.7 Å². The molecule has 0 aliphatic carbocycles. The summed E-state index contributed by atoms with van der Waals surface area (Å²) in [5, 5.41) is 17.1. The van der Waals surface area contributed by atoms with Gasteiger partial charge in [-0.25, -0.2) is 4.68 Å². The quantitative estimate of drug-likeness (QED) is 0.648. The Morgan fingerprint density at radius 1 is 1.03 bits per heavy atom. The molecule has 0 aliphatic heterocycles. The highest BCUT2D eigenvalue weighted by Crippen LogP contribution is 2.24. The molecule has 6 heteroatoms. The Labute approximate surface area is 170 Å². The van der Waals surface area contributed by atoms with Crippen LogP contribution in [0, 0.1) is 13.8 Å². The van der Waals surface area contributed by atoms with E-state index in [1.165, 1.54) is 0 Å². The Balaban J connectivity index is 1.74. The summed E-state index contributed by atoms with van der Waals surface area (Å²) < 4.78 is 1.82. The number of rotatable bonds is 7. The maximum Gasteiger partial charge on any atom is 0.315 e. The standard InChI is InChI=1S/C23H25N3O3/c1-16-20(17(2)26(25-16)19-12-8-5-9-13-19)14-21(27)24-15-23(3,22(28)29)18-10-6-4-7-11-18/h4-13H,14-15H2,1-3H3,(H,24,27)(H,28,29). The molecule has 0 saturated heterocycles. The van der Waals surface area contributed by atoms with E-state index in [1.54, 1.807) is 31.2 Å². The number of para-hydroxylation sites is 1. The van der Waals surface area contributed by atoms with Gasteiger partial charge in [-0.2, -0.15) is 5.10 Å². The third-order valence-electron chi connectivity index (χ3n) is 5.30. The smallest absolute Gasteiger partial charge is 0.315 e. The second-order valence-electron chi connectivity index (χ2n) is 7.35. The number of amides is 1. The lowest BCUT2D eigenvalue weighted by Gasteiger charge is -2.25. The number of aliphatic carboxylic acids is 1. The Morgan fingerprint density at radius 2 is 1.62 bits per heavy atom. The minimum atomic E-state index is -1.20. The van der Waals surface area contributed by atoms with Crippen LogP contribution < -0.4 is 5.32 Å². The first-order chi connectivity index (χ1) is 13.8. The Hall–Kier alpha value is -3.41. The summed E-state index contributed by atoms with van der Waals surface area (Å²) in [6.45, 7) is 5.44. The number of nitrogens with zero attached hydrogens (tertiary/aromatic N) is 2. The number of carboxylic acids is 1. The van der Waals surface area contributed by atoms with E-state index >= 15 is 0 Å². The molecule has 3 rings (SSSR count). The topological polar surface area (TPSA) is 84.2 Å². The first-order valence-electron chi connectivity index (χ1n) is 9.49. The molecule has 2 N–H and O–H groups in total. The molecule has 2 aromatic carbocycles. The van der Waals surface area contributed by atoms with Gasteiger partial charge < -0.3 is 10.4 Å². The van der Waals surface area contributed by atoms with Crippen molar-refractivity contribution in [3.8, 4) is 5.69 Å². The van der Waals surface area contributed by atoms with Crippen molar-refractivity contribution >= 4 is 11.9 Å². The lowest BCUT2D eigenvalue weighted by molar-refractivity contribution is -0.143. The fourth-order valence-corrected chi connectivity index (χ4v) is 3.36. The van der Waals surface area contributed by atoms with Crippen molar-refractivity contribution in [3.63, 3.8) is 0 Å². The minimum absolute atomic E-state index is 0.0100. The van der Waals surface area contributed by atoms with Crippen molar-refractivity contribution in [1.29, 1.82) is 0 Å². The molecule has 0 fully saturated rings. The molecule has 150 valence electrons. The van der Waals surface area contributed by atoms with Gasteiger partial charge in [-0.05, 0) is 38.5 Å². The van der Waals surface area contributed by atoms with Crippen LogP contribution in [0.5, 0.6) is 0 Å². The fraction of sp³-hybridized carbons (Fsp3) is 0.261. The van der Waals surface area contributed by atoms with Crippen LogP contribution >= 0.6 is 0 Å². The predicted molar refractivity (Wildman–Crippen MR) is 111 cm³/mol. The molecule has 0 saturated carbocycles. The monoisotopic (exact) mass is 391 g/mol. The molecule has 0 radical (unpaired) electrons. The first-order valence-corrected chi connectivity index (χ1v) is 9.49. The van der Waals surface area contributed by atoms with Gasteiger partial charge in [0, 0.05) is 17.8 Å². The van der Waals surface area contributed by atoms with E-state index in [-0.39, 0.29) is 18.9 Å². The SMILES string of the molecule is Cc1nn(-c2ccccc2)c(C)c1CC(=O)NCC(C)(C(=O)O)c1ccccc1. The van der Waals surface area contributed by atoms with Gasteiger partial charge >= 0.3 is 5.97 Å². The molecular formula is C23H25N3O3. The molecule has 0 spiro atoms. The Bertz CT molecular complexity index is 1010. The molecular weight excluding hydrogens is 366 g/mol. The van der Waals surface area contributed by atoms with Gasteiger partial charge in [0.25, 0.3) is 0 Å². The molecule has 0 aliphatic rings. The van der Waals surface area contributed by atoms with Gasteiger partial charge in [0.2, 0.25) is 5.91 Å². The lowest BCUT2D eigenvalue weighted by atomic mass is 9.82. The highest BCUT2D eigenvalue weighted by molar-refractivity contribution is 5.84. The van der Waals surface area contributed by atoms with Crippen LogP contribution in [-0.4, -0.2) is 33.3 Å². The van der Waals surface area contributed by atoms with Crippen LogP contribution in [0.2, 0.25) is 0 Å². The van der Waals surface area contributed by atoms with Gasteiger partial charge in [0.15, 0.2) is 0 Å². The zero-order chi connectivity index (χ0) is 21.0. The summed E-state index contributed by atoms with van der Waals surface area (Å²) in [4.78, 5) is 24.5. The number of benzene rings is 2. The van der Waals surface area contributed by atoms with Crippen LogP contribution in [-0.2, 0) is 21.4 Å². The lowest BCUT2D eigenvalue weighted by Crippen LogP contribution is -2.44. The highest BCUT2D eigenvalue weighted by Gasteiger charge is 2.35. The number of carboxylic acid groups (broad SMARTS) is 1. The van der Waals surface area contributed by atoms with Gasteiger partial charge in [-0.15, -0.1) is 0 Å². The molecule has 1 heterocycles. The molecule has 1 amide bonds. The van der Waals surface area contributed by atoms with E-state index in [9.17, 15) is 14.7 Å². The summed E-state index contributed by atoms with van der Waals surface area (Å²) in [5.74, 6) is -1.21. The minimum Gasteiger partial charge on any atom is -0.481 e. The van der Waals surface area contributed by atoms with E-state index in [0.29, 0.717) is 5.56 Å². The Morgan fingerprint density at radius 3 is 2.21 bits per heavy atom. The largest absolute Gasteiger partial charge is 0.481 e. The van der Waals surface area contributed by atoms with Crippen LogP contribution in [0.25, 0.3) is 5.69 Å². The first kappa shape index (κ1) is 20.3. The number of aryl methyl sites for hydroxylation is 1. The summed E-state index contributed by atoms with van der Waals surface area (Å²) in [6, 6.07) is 18.7. The summed E-state index contributed by atoms with van der Waals surface area (Å²) in [6.07, 6.45) is 0.148. The maximum absolute atomic E-state index is 12.6. The van der Waals surface area contributed by atoms with E-state index < -0.39 is 11.4 Å². The number of carbonyl (C=O) groups is 2. The molecule has 6 nitrogen and oxygen atoms in total. The maximum atomic E-state index is 12.6. The summed E-state index contributed by atoms with van der Waals surface area (Å²) in [5.41, 5.74) is 2.91. The average molecular weight is 391 g/mol. The second-order valence-corrected chi connectivity index (χ2v) is 7.35. The molecule has 3 aromatic rings. The number of carbonyl (C=O) groups excluding carboxylic acids is 1. The number of nitrogens with one attached hydrogen (secondary N) is 1. The van der Waals surface area contributed by atoms with Crippen molar-refractivity contribution < 1.29 is 14.7 Å². The van der Waals surface area contributed by atoms with E-state index in [1.807, 2.05) is 54.9 Å². The molecule has 1 atom stereocenters. The van der Waals surface area contributed by atoms with E-state index in [0.717, 1.165) is 22.6 Å². The summed E-state index contributed by atoms with van der Waals surface area (Å²) in [7, 11) is 0. The number of hydrogen-bond donors (Lipinski definition) is 2. The van der Waals surface area contributed by atoms with Gasteiger partial charge in [0.05, 0.1) is 17.8 Å². The third kappa shape index (κ3) is 4.21. The normalized spacial score (nSPS) is 12.9. The molecule has 29 heavy (non-hydrogen) atoms. The highest BCUT2D eigenvalue weighted by atomic mass is 16.4. The molecule has 0 bridgehead atoms. The third-order valence-corrected chi connectivity index (χ3v) is 5.30. The van der Waals surface area contributed by atoms with Crippen molar-refractivity contribution in [2.24, 2.45) is 0 Å². The van der Waals surface area contributed by atoms with E-state index in [4.69, 9.17) is 0 Å². The van der Waals surface area contributed by atoms with E-state index in [2.05, 4.69) is 10.4 Å². The number of aromatic nitrogens is 2. The van der Waals surface area contributed by atoms with Crippen molar-refractivity contribution in [2.75, 3.05) is 6.54 Å². The van der Waals surface area contributed by atoms with Crippen molar-refractivity contribution in [1.82, 2.24) is 15.1 Å². The fourth-order valence-electron chi connectivity index (χ4n) is 3.36. The van der Waals surface area contributed by atoms with Crippen molar-refractivity contribution in [2.45, 2.75) is 32.6 Å². The molecule has 1 unspecified atom stereocenters. The van der Waals surface area contributed by atoms with Crippen LogP contribution in [0.3, 0.4) is 0 Å². The van der Waals surface area contributed by atoms with Gasteiger partial charge in [-0.1, -0.05) is 48.5 Å². The summed E-state index contributed by atoms with van der Waals surface area (Å²) >= 11 is 0. The Kier molecular flexibility index (Phi) is 5.82.